The Balaban J connectivity index is 1.54. The van der Waals surface area contributed by atoms with Crippen molar-refractivity contribution in [1.82, 2.24) is 5.32 Å². The fourth-order valence-corrected chi connectivity index (χ4v) is 2.88. The highest BCUT2D eigenvalue weighted by molar-refractivity contribution is 5.87. The number of furan rings is 1. The largest absolute Gasteiger partial charge is 0.466 e. The van der Waals surface area contributed by atoms with Gasteiger partial charge in [0.1, 0.15) is 17.6 Å². The molecular formula is C19H22N2O3. The number of nitrogens with one attached hydrogen (secondary N) is 1. The van der Waals surface area contributed by atoms with E-state index in [2.05, 4.69) is 12.2 Å². The third kappa shape index (κ3) is 3.85. The molecule has 3 atom stereocenters. The SMILES string of the molecule is C[C@@H]1C[C@H]1c1ccc(CCC(=O)N[C@H](C(N)=O)c2ccccc2)o1. The summed E-state index contributed by atoms with van der Waals surface area (Å²) in [7, 11) is 0. The summed E-state index contributed by atoms with van der Waals surface area (Å²) in [6.45, 7) is 2.20. The van der Waals surface area contributed by atoms with Gasteiger partial charge in [0, 0.05) is 18.8 Å². The first-order valence-electron chi connectivity index (χ1n) is 8.27. The van der Waals surface area contributed by atoms with Crippen molar-refractivity contribution in [1.29, 1.82) is 0 Å². The maximum atomic E-state index is 12.1. The normalized spacial score (nSPS) is 20.4. The molecule has 5 nitrogen and oxygen atoms in total. The number of benzene rings is 1. The van der Waals surface area contributed by atoms with E-state index >= 15 is 0 Å². The van der Waals surface area contributed by atoms with Crippen molar-refractivity contribution in [2.75, 3.05) is 0 Å². The molecule has 24 heavy (non-hydrogen) atoms. The summed E-state index contributed by atoms with van der Waals surface area (Å²) in [5.41, 5.74) is 6.09. The first-order chi connectivity index (χ1) is 11.5. The van der Waals surface area contributed by atoms with Crippen LogP contribution in [0.1, 0.15) is 48.8 Å². The van der Waals surface area contributed by atoms with Crippen molar-refractivity contribution in [2.45, 2.75) is 38.1 Å². The number of carbonyl (C=O) groups is 2. The van der Waals surface area contributed by atoms with Gasteiger partial charge in [-0.25, -0.2) is 0 Å². The molecule has 0 aliphatic heterocycles. The lowest BCUT2D eigenvalue weighted by molar-refractivity contribution is -0.127. The molecule has 1 fully saturated rings. The van der Waals surface area contributed by atoms with Gasteiger partial charge in [0.25, 0.3) is 0 Å². The van der Waals surface area contributed by atoms with Crippen LogP contribution in [-0.4, -0.2) is 11.8 Å². The number of hydrogen-bond donors (Lipinski definition) is 2. The van der Waals surface area contributed by atoms with Crippen molar-refractivity contribution < 1.29 is 14.0 Å². The van der Waals surface area contributed by atoms with E-state index in [9.17, 15) is 9.59 Å². The lowest BCUT2D eigenvalue weighted by atomic mass is 10.1. The molecule has 2 amide bonds. The van der Waals surface area contributed by atoms with Crippen LogP contribution in [0.2, 0.25) is 0 Å². The monoisotopic (exact) mass is 326 g/mol. The van der Waals surface area contributed by atoms with Crippen molar-refractivity contribution in [2.24, 2.45) is 11.7 Å². The van der Waals surface area contributed by atoms with Crippen LogP contribution in [0.5, 0.6) is 0 Å². The zero-order valence-electron chi connectivity index (χ0n) is 13.7. The Morgan fingerprint density at radius 2 is 1.96 bits per heavy atom. The third-order valence-electron chi connectivity index (χ3n) is 4.48. The third-order valence-corrected chi connectivity index (χ3v) is 4.48. The second-order valence-electron chi connectivity index (χ2n) is 6.44. The molecule has 1 heterocycles. The van der Waals surface area contributed by atoms with Gasteiger partial charge in [0.15, 0.2) is 0 Å². The van der Waals surface area contributed by atoms with Crippen LogP contribution in [-0.2, 0) is 16.0 Å². The molecule has 1 aliphatic carbocycles. The van der Waals surface area contributed by atoms with E-state index in [1.807, 2.05) is 18.2 Å². The molecule has 0 radical (unpaired) electrons. The average molecular weight is 326 g/mol. The van der Waals surface area contributed by atoms with Gasteiger partial charge < -0.3 is 15.5 Å². The van der Waals surface area contributed by atoms with Gasteiger partial charge in [0.2, 0.25) is 11.8 Å². The molecule has 5 heteroatoms. The van der Waals surface area contributed by atoms with Crippen molar-refractivity contribution in [3.63, 3.8) is 0 Å². The van der Waals surface area contributed by atoms with Crippen LogP contribution in [0.15, 0.2) is 46.9 Å². The number of rotatable bonds is 7. The minimum absolute atomic E-state index is 0.222. The van der Waals surface area contributed by atoms with E-state index in [0.29, 0.717) is 23.8 Å². The highest BCUT2D eigenvalue weighted by Crippen LogP contribution is 2.47. The van der Waals surface area contributed by atoms with Crippen LogP contribution < -0.4 is 11.1 Å². The van der Waals surface area contributed by atoms with Crippen molar-refractivity contribution in [3.8, 4) is 0 Å². The van der Waals surface area contributed by atoms with Crippen LogP contribution in [0.3, 0.4) is 0 Å². The maximum Gasteiger partial charge on any atom is 0.244 e. The first-order valence-corrected chi connectivity index (χ1v) is 8.27. The van der Waals surface area contributed by atoms with Gasteiger partial charge in [-0.15, -0.1) is 0 Å². The number of amides is 2. The van der Waals surface area contributed by atoms with Crippen LogP contribution in [0, 0.1) is 5.92 Å². The van der Waals surface area contributed by atoms with E-state index in [0.717, 1.165) is 11.5 Å². The molecule has 0 saturated heterocycles. The number of aryl methyl sites for hydroxylation is 1. The molecule has 1 saturated carbocycles. The van der Waals surface area contributed by atoms with E-state index in [-0.39, 0.29) is 12.3 Å². The Labute approximate surface area is 141 Å². The standard InChI is InChI=1S/C19H22N2O3/c1-12-11-15(12)16-9-7-14(24-16)8-10-17(22)21-18(19(20)23)13-5-3-2-4-6-13/h2-7,9,12,15,18H,8,10-11H2,1H3,(H2,20,23)(H,21,22)/t12-,15-,18+/m1/s1. The Bertz CT molecular complexity index is 723. The number of primary amides is 1. The van der Waals surface area contributed by atoms with Gasteiger partial charge in [-0.1, -0.05) is 37.3 Å². The predicted molar refractivity (Wildman–Crippen MR) is 90.1 cm³/mol. The van der Waals surface area contributed by atoms with Gasteiger partial charge in [0.05, 0.1) is 0 Å². The zero-order valence-corrected chi connectivity index (χ0v) is 13.7. The second-order valence-corrected chi connectivity index (χ2v) is 6.44. The molecule has 3 rings (SSSR count). The Kier molecular flexibility index (Phi) is 4.69. The van der Waals surface area contributed by atoms with Crippen LogP contribution >= 0.6 is 0 Å². The number of carbonyl (C=O) groups excluding carboxylic acids is 2. The summed E-state index contributed by atoms with van der Waals surface area (Å²) >= 11 is 0. The summed E-state index contributed by atoms with van der Waals surface area (Å²) in [6, 6.07) is 12.1. The summed E-state index contributed by atoms with van der Waals surface area (Å²) in [5.74, 6) is 2.24. The first kappa shape index (κ1) is 16.3. The van der Waals surface area contributed by atoms with E-state index in [1.165, 1.54) is 6.42 Å². The minimum atomic E-state index is -0.807. The average Bonchev–Trinajstić information content (AvgIpc) is 3.11. The molecule has 1 aromatic carbocycles. The smallest absolute Gasteiger partial charge is 0.244 e. The van der Waals surface area contributed by atoms with Gasteiger partial charge >= 0.3 is 0 Å². The van der Waals surface area contributed by atoms with E-state index in [1.54, 1.807) is 24.3 Å². The van der Waals surface area contributed by atoms with Crippen LogP contribution in [0.4, 0.5) is 0 Å². The van der Waals surface area contributed by atoms with Gasteiger partial charge in [-0.2, -0.15) is 0 Å². The molecule has 0 unspecified atom stereocenters. The summed E-state index contributed by atoms with van der Waals surface area (Å²) < 4.78 is 5.79. The topological polar surface area (TPSA) is 85.3 Å². The highest BCUT2D eigenvalue weighted by atomic mass is 16.3. The summed E-state index contributed by atoms with van der Waals surface area (Å²) in [6.07, 6.45) is 1.93. The minimum Gasteiger partial charge on any atom is -0.466 e. The van der Waals surface area contributed by atoms with Crippen molar-refractivity contribution >= 4 is 11.8 Å². The fourth-order valence-electron chi connectivity index (χ4n) is 2.88. The number of nitrogens with two attached hydrogens (primary N) is 1. The zero-order chi connectivity index (χ0) is 17.1. The number of hydrogen-bond acceptors (Lipinski definition) is 3. The summed E-state index contributed by atoms with van der Waals surface area (Å²) in [5, 5.41) is 2.70. The predicted octanol–water partition coefficient (Wildman–Crippen LogP) is 2.68. The lowest BCUT2D eigenvalue weighted by Crippen LogP contribution is -2.37. The van der Waals surface area contributed by atoms with Crippen molar-refractivity contribution in [3.05, 3.63) is 59.5 Å². The molecule has 1 aromatic heterocycles. The molecule has 2 aromatic rings. The quantitative estimate of drug-likeness (QED) is 0.820. The Morgan fingerprint density at radius 1 is 1.25 bits per heavy atom. The van der Waals surface area contributed by atoms with E-state index in [4.69, 9.17) is 10.2 Å². The molecule has 126 valence electrons. The highest BCUT2D eigenvalue weighted by Gasteiger charge is 2.36. The van der Waals surface area contributed by atoms with Gasteiger partial charge in [-0.05, 0) is 30.0 Å². The molecule has 3 N–H and O–H groups in total. The van der Waals surface area contributed by atoms with Crippen LogP contribution in [0.25, 0.3) is 0 Å². The lowest BCUT2D eigenvalue weighted by Gasteiger charge is -2.15. The molecule has 0 bridgehead atoms. The Morgan fingerprint density at radius 3 is 2.58 bits per heavy atom. The molecular weight excluding hydrogens is 304 g/mol. The molecule has 0 spiro atoms. The Hall–Kier alpha value is -2.56. The van der Waals surface area contributed by atoms with E-state index < -0.39 is 11.9 Å². The summed E-state index contributed by atoms with van der Waals surface area (Å²) in [4.78, 5) is 23.8. The second kappa shape index (κ2) is 6.91. The fraction of sp³-hybridized carbons (Fsp3) is 0.368. The van der Waals surface area contributed by atoms with Gasteiger partial charge in [-0.3, -0.25) is 9.59 Å². The maximum absolute atomic E-state index is 12.1. The molecule has 1 aliphatic rings.